The Morgan fingerprint density at radius 1 is 1.50 bits per heavy atom. The van der Waals surface area contributed by atoms with Crippen molar-refractivity contribution in [3.63, 3.8) is 0 Å². The van der Waals surface area contributed by atoms with E-state index in [0.717, 1.165) is 0 Å². The second-order valence-corrected chi connectivity index (χ2v) is 6.66. The van der Waals surface area contributed by atoms with Crippen LogP contribution >= 0.6 is 0 Å². The first-order chi connectivity index (χ1) is 8.36. The molecule has 0 atom stereocenters. The summed E-state index contributed by atoms with van der Waals surface area (Å²) in [6.07, 6.45) is 1.47. The number of morpholine rings is 1. The molecule has 0 amide bonds. The van der Waals surface area contributed by atoms with Gasteiger partial charge in [0.2, 0.25) is 10.0 Å². The fraction of sp³-hybridized carbons (Fsp3) is 0.545. The van der Waals surface area contributed by atoms with Gasteiger partial charge >= 0.3 is 0 Å². The molecular formula is C11H17N3O3S. The van der Waals surface area contributed by atoms with E-state index in [4.69, 9.17) is 10.5 Å². The monoisotopic (exact) mass is 271 g/mol. The maximum Gasteiger partial charge on any atom is 0.247 e. The zero-order chi connectivity index (χ0) is 13.4. The molecule has 0 aliphatic carbocycles. The standard InChI is InChI=1S/C11H17N3O3S/c1-11(2)8-17-7-6-14(11)18(15,16)9-4-3-5-13-10(9)12/h3-5H,6-8H2,1-2H3,(H2,12,13). The van der Waals surface area contributed by atoms with Gasteiger partial charge in [-0.2, -0.15) is 4.31 Å². The van der Waals surface area contributed by atoms with E-state index < -0.39 is 15.6 Å². The first kappa shape index (κ1) is 13.3. The highest BCUT2D eigenvalue weighted by Crippen LogP contribution is 2.29. The SMILES string of the molecule is CC1(C)COCCN1S(=O)(=O)c1cccnc1N. The van der Waals surface area contributed by atoms with Gasteiger partial charge in [0.1, 0.15) is 10.7 Å². The molecule has 1 aromatic rings. The van der Waals surface area contributed by atoms with Crippen LogP contribution in [0.3, 0.4) is 0 Å². The maximum absolute atomic E-state index is 12.6. The topological polar surface area (TPSA) is 85.5 Å². The van der Waals surface area contributed by atoms with E-state index in [1.165, 1.54) is 16.6 Å². The number of hydrogen-bond acceptors (Lipinski definition) is 5. The third-order valence-corrected chi connectivity index (χ3v) is 5.10. The van der Waals surface area contributed by atoms with Crippen molar-refractivity contribution in [1.29, 1.82) is 0 Å². The summed E-state index contributed by atoms with van der Waals surface area (Å²) in [5, 5.41) is 0. The van der Waals surface area contributed by atoms with Crippen LogP contribution in [0.15, 0.2) is 23.2 Å². The highest BCUT2D eigenvalue weighted by Gasteiger charge is 2.40. The van der Waals surface area contributed by atoms with Gasteiger partial charge in [0.15, 0.2) is 0 Å². The summed E-state index contributed by atoms with van der Waals surface area (Å²) in [4.78, 5) is 3.88. The molecule has 2 rings (SSSR count). The first-order valence-corrected chi connectivity index (χ1v) is 7.11. The van der Waals surface area contributed by atoms with Crippen LogP contribution in [0.2, 0.25) is 0 Å². The van der Waals surface area contributed by atoms with Gasteiger partial charge in [-0.1, -0.05) is 0 Å². The molecule has 6 nitrogen and oxygen atoms in total. The summed E-state index contributed by atoms with van der Waals surface area (Å²) >= 11 is 0. The molecule has 0 radical (unpaired) electrons. The molecule has 100 valence electrons. The lowest BCUT2D eigenvalue weighted by Crippen LogP contribution is -2.55. The van der Waals surface area contributed by atoms with Crippen LogP contribution in [0.25, 0.3) is 0 Å². The molecule has 0 aromatic carbocycles. The smallest absolute Gasteiger partial charge is 0.247 e. The molecular weight excluding hydrogens is 254 g/mol. The number of rotatable bonds is 2. The Morgan fingerprint density at radius 2 is 2.22 bits per heavy atom. The van der Waals surface area contributed by atoms with E-state index in [1.54, 1.807) is 6.07 Å². The summed E-state index contributed by atoms with van der Waals surface area (Å²) < 4.78 is 31.9. The summed E-state index contributed by atoms with van der Waals surface area (Å²) in [6.45, 7) is 4.74. The number of nitrogen functional groups attached to an aromatic ring is 1. The van der Waals surface area contributed by atoms with Crippen LogP contribution in [0.4, 0.5) is 5.82 Å². The predicted octanol–water partition coefficient (Wildman–Crippen LogP) is 0.463. The van der Waals surface area contributed by atoms with E-state index in [1.807, 2.05) is 13.8 Å². The van der Waals surface area contributed by atoms with Gasteiger partial charge in [0.05, 0.1) is 18.8 Å². The third-order valence-electron chi connectivity index (χ3n) is 2.94. The van der Waals surface area contributed by atoms with E-state index in [-0.39, 0.29) is 10.7 Å². The molecule has 1 aliphatic heterocycles. The highest BCUT2D eigenvalue weighted by molar-refractivity contribution is 7.89. The molecule has 1 aromatic heterocycles. The molecule has 1 aliphatic rings. The number of nitrogens with zero attached hydrogens (tertiary/aromatic N) is 2. The molecule has 2 N–H and O–H groups in total. The van der Waals surface area contributed by atoms with Gasteiger partial charge in [0, 0.05) is 12.7 Å². The molecule has 0 unspecified atom stereocenters. The van der Waals surface area contributed by atoms with Crippen molar-refractivity contribution in [2.75, 3.05) is 25.5 Å². The zero-order valence-corrected chi connectivity index (χ0v) is 11.3. The Hall–Kier alpha value is -1.18. The number of hydrogen-bond donors (Lipinski definition) is 1. The van der Waals surface area contributed by atoms with Gasteiger partial charge in [-0.05, 0) is 26.0 Å². The lowest BCUT2D eigenvalue weighted by atomic mass is 10.1. The van der Waals surface area contributed by atoms with Gasteiger partial charge in [-0.3, -0.25) is 0 Å². The molecule has 2 heterocycles. The normalized spacial score (nSPS) is 20.8. The van der Waals surface area contributed by atoms with Crippen molar-refractivity contribution in [2.45, 2.75) is 24.3 Å². The Morgan fingerprint density at radius 3 is 2.83 bits per heavy atom. The average Bonchev–Trinajstić information content (AvgIpc) is 2.28. The molecule has 0 spiro atoms. The quantitative estimate of drug-likeness (QED) is 0.844. The molecule has 0 bridgehead atoms. The number of sulfonamides is 1. The number of pyridine rings is 1. The predicted molar refractivity (Wildman–Crippen MR) is 67.4 cm³/mol. The van der Waals surface area contributed by atoms with Crippen molar-refractivity contribution in [3.8, 4) is 0 Å². The fourth-order valence-electron chi connectivity index (χ4n) is 2.03. The number of nitrogens with two attached hydrogens (primary N) is 1. The van der Waals surface area contributed by atoms with Crippen molar-refractivity contribution in [3.05, 3.63) is 18.3 Å². The lowest BCUT2D eigenvalue weighted by Gasteiger charge is -2.40. The van der Waals surface area contributed by atoms with Crippen molar-refractivity contribution < 1.29 is 13.2 Å². The van der Waals surface area contributed by atoms with Gasteiger partial charge in [-0.15, -0.1) is 0 Å². The van der Waals surface area contributed by atoms with Crippen LogP contribution in [0.1, 0.15) is 13.8 Å². The largest absolute Gasteiger partial charge is 0.383 e. The summed E-state index contributed by atoms with van der Waals surface area (Å²) in [6, 6.07) is 3.04. The van der Waals surface area contributed by atoms with Gasteiger partial charge < -0.3 is 10.5 Å². The van der Waals surface area contributed by atoms with Crippen molar-refractivity contribution >= 4 is 15.8 Å². The Kier molecular flexibility index (Phi) is 3.31. The van der Waals surface area contributed by atoms with Crippen LogP contribution in [0.5, 0.6) is 0 Å². The second kappa shape index (κ2) is 4.49. The minimum atomic E-state index is -3.63. The summed E-state index contributed by atoms with van der Waals surface area (Å²) in [7, 11) is -3.63. The Balaban J connectivity index is 2.46. The average molecular weight is 271 g/mol. The van der Waals surface area contributed by atoms with E-state index in [0.29, 0.717) is 19.8 Å². The van der Waals surface area contributed by atoms with Crippen molar-refractivity contribution in [1.82, 2.24) is 9.29 Å². The van der Waals surface area contributed by atoms with Gasteiger partial charge in [0.25, 0.3) is 0 Å². The number of anilines is 1. The van der Waals surface area contributed by atoms with Crippen LogP contribution < -0.4 is 5.73 Å². The zero-order valence-electron chi connectivity index (χ0n) is 10.5. The number of aromatic nitrogens is 1. The fourth-order valence-corrected chi connectivity index (χ4v) is 3.85. The molecule has 1 saturated heterocycles. The first-order valence-electron chi connectivity index (χ1n) is 5.67. The summed E-state index contributed by atoms with van der Waals surface area (Å²) in [5.41, 5.74) is 5.07. The molecule has 18 heavy (non-hydrogen) atoms. The van der Waals surface area contributed by atoms with E-state index in [2.05, 4.69) is 4.98 Å². The molecule has 1 fully saturated rings. The minimum absolute atomic E-state index is 0.0276. The van der Waals surface area contributed by atoms with Crippen LogP contribution in [-0.4, -0.2) is 43.0 Å². The van der Waals surface area contributed by atoms with Crippen LogP contribution in [-0.2, 0) is 14.8 Å². The molecule has 0 saturated carbocycles. The highest BCUT2D eigenvalue weighted by atomic mass is 32.2. The Labute approximate surface area is 107 Å². The van der Waals surface area contributed by atoms with E-state index >= 15 is 0 Å². The molecule has 7 heteroatoms. The van der Waals surface area contributed by atoms with Gasteiger partial charge in [-0.25, -0.2) is 13.4 Å². The summed E-state index contributed by atoms with van der Waals surface area (Å²) in [5.74, 6) is 0.0276. The van der Waals surface area contributed by atoms with Crippen molar-refractivity contribution in [2.24, 2.45) is 0 Å². The number of ether oxygens (including phenoxy) is 1. The third kappa shape index (κ3) is 2.21. The lowest BCUT2D eigenvalue weighted by molar-refractivity contribution is -0.00769. The maximum atomic E-state index is 12.6. The minimum Gasteiger partial charge on any atom is -0.383 e. The van der Waals surface area contributed by atoms with E-state index in [9.17, 15) is 8.42 Å². The second-order valence-electron chi connectivity index (χ2n) is 4.83. The Bertz CT molecular complexity index is 542. The van der Waals surface area contributed by atoms with Crippen LogP contribution in [0, 0.1) is 0 Å².